The molecule has 0 aliphatic rings. The number of benzene rings is 1. The van der Waals surface area contributed by atoms with Gasteiger partial charge in [0.05, 0.1) is 0 Å². The Kier molecular flexibility index (Phi) is 6.20. The molecule has 0 aliphatic carbocycles. The normalized spacial score (nSPS) is 14.4. The van der Waals surface area contributed by atoms with Gasteiger partial charge in [0.15, 0.2) is 0 Å². The fourth-order valence-corrected chi connectivity index (χ4v) is 4.07. The Bertz CT molecular complexity index is 509. The van der Waals surface area contributed by atoms with E-state index in [1.807, 2.05) is 0 Å². The number of hydrogen-bond donors (Lipinski definition) is 0. The topological polar surface area (TPSA) is 23.1 Å². The molecule has 1 aromatic carbocycles. The molecule has 0 saturated carbocycles. The first-order valence-electron chi connectivity index (χ1n) is 7.82. The van der Waals surface area contributed by atoms with Crippen LogP contribution in [0.25, 0.3) is 0 Å². The van der Waals surface area contributed by atoms with E-state index in [0.29, 0.717) is 11.3 Å². The molecule has 0 radical (unpaired) electrons. The molecule has 21 heavy (non-hydrogen) atoms. The van der Waals surface area contributed by atoms with Gasteiger partial charge in [0.2, 0.25) is 0 Å². The Morgan fingerprint density at radius 1 is 1.10 bits per heavy atom. The van der Waals surface area contributed by atoms with Gasteiger partial charge in [-0.05, 0) is 79.4 Å². The first-order valence-corrected chi connectivity index (χ1v) is 8.90. The van der Waals surface area contributed by atoms with Crippen molar-refractivity contribution in [3.8, 4) is 0 Å². The second-order valence-electron chi connectivity index (χ2n) is 7.65. The van der Waals surface area contributed by atoms with Crippen LogP contribution in [0.3, 0.4) is 0 Å². The highest BCUT2D eigenvalue weighted by Gasteiger charge is 2.14. The van der Waals surface area contributed by atoms with Crippen LogP contribution in [0.4, 0.5) is 0 Å². The summed E-state index contributed by atoms with van der Waals surface area (Å²) in [6.07, 6.45) is 2.13. The van der Waals surface area contributed by atoms with Gasteiger partial charge in [-0.3, -0.25) is 0 Å². The van der Waals surface area contributed by atoms with E-state index in [2.05, 4.69) is 61.5 Å². The van der Waals surface area contributed by atoms with Crippen molar-refractivity contribution in [2.75, 3.05) is 6.16 Å². The van der Waals surface area contributed by atoms with Gasteiger partial charge in [-0.1, -0.05) is 33.8 Å². The smallest absolute Gasteiger partial charge is 0.00899 e. The SMILES string of the molecule is Cc1cc(C)c(C)c(C([O-])=PCC(C)CC(C)(C)C)c1C. The van der Waals surface area contributed by atoms with Gasteiger partial charge in [-0.25, -0.2) is 0 Å². The standard InChI is InChI=1S/C19H31OP/c1-12(10-19(6,7)8)11-21-18(20)17-15(4)13(2)9-14(3)16(17)5/h9,12,20H,10-11H2,1-8H3/p-1. The lowest BCUT2D eigenvalue weighted by Gasteiger charge is -2.24. The highest BCUT2D eigenvalue weighted by Crippen LogP contribution is 2.28. The largest absolute Gasteiger partial charge is 0.824 e. The van der Waals surface area contributed by atoms with E-state index < -0.39 is 0 Å². The second-order valence-corrected chi connectivity index (χ2v) is 8.74. The first-order chi connectivity index (χ1) is 9.53. The molecule has 0 aliphatic heterocycles. The van der Waals surface area contributed by atoms with Crippen LogP contribution in [-0.4, -0.2) is 11.6 Å². The van der Waals surface area contributed by atoms with Crippen molar-refractivity contribution in [2.24, 2.45) is 11.3 Å². The summed E-state index contributed by atoms with van der Waals surface area (Å²) in [5.74, 6) is 0.585. The lowest BCUT2D eigenvalue weighted by Crippen LogP contribution is -2.21. The summed E-state index contributed by atoms with van der Waals surface area (Å²) in [7, 11) is 0.941. The average Bonchev–Trinajstić information content (AvgIpc) is 2.32. The Morgan fingerprint density at radius 3 is 2.00 bits per heavy atom. The fraction of sp³-hybridized carbons (Fsp3) is 0.632. The van der Waals surface area contributed by atoms with E-state index in [0.717, 1.165) is 37.5 Å². The van der Waals surface area contributed by atoms with Gasteiger partial charge in [0.1, 0.15) is 0 Å². The molecule has 0 fully saturated rings. The first kappa shape index (κ1) is 18.4. The molecule has 1 rings (SSSR count). The lowest BCUT2D eigenvalue weighted by atomic mass is 9.86. The van der Waals surface area contributed by atoms with Gasteiger partial charge in [-0.2, -0.15) is 0 Å². The Labute approximate surface area is 132 Å². The third-order valence-corrected chi connectivity index (χ3v) is 5.40. The summed E-state index contributed by atoms with van der Waals surface area (Å²) < 4.78 is 0. The zero-order chi connectivity index (χ0) is 16.4. The molecule has 0 amide bonds. The molecule has 1 atom stereocenters. The van der Waals surface area contributed by atoms with Gasteiger partial charge in [0.25, 0.3) is 0 Å². The maximum atomic E-state index is 12.6. The lowest BCUT2D eigenvalue weighted by molar-refractivity contribution is -0.207. The summed E-state index contributed by atoms with van der Waals surface area (Å²) in [6, 6.07) is 2.18. The fourth-order valence-electron chi connectivity index (χ4n) is 2.97. The van der Waals surface area contributed by atoms with Crippen LogP contribution >= 0.6 is 8.20 Å². The molecule has 118 valence electrons. The zero-order valence-corrected chi connectivity index (χ0v) is 15.8. The molecule has 1 nitrogen and oxygen atoms in total. The Hall–Kier alpha value is -0.650. The Morgan fingerprint density at radius 2 is 1.57 bits per heavy atom. The minimum Gasteiger partial charge on any atom is -0.824 e. The minimum absolute atomic E-state index is 0.289. The van der Waals surface area contributed by atoms with Crippen LogP contribution in [0, 0.1) is 39.0 Å². The number of rotatable bonds is 4. The van der Waals surface area contributed by atoms with Crippen molar-refractivity contribution in [1.29, 1.82) is 0 Å². The molecule has 0 bridgehead atoms. The molecular formula is C19H30OP-. The maximum absolute atomic E-state index is 12.6. The molecule has 0 heterocycles. The zero-order valence-electron chi connectivity index (χ0n) is 14.9. The maximum Gasteiger partial charge on any atom is -0.00899 e. The number of aryl methyl sites for hydroxylation is 2. The van der Waals surface area contributed by atoms with E-state index in [1.54, 1.807) is 0 Å². The van der Waals surface area contributed by atoms with Crippen molar-refractivity contribution in [2.45, 2.75) is 61.8 Å². The van der Waals surface area contributed by atoms with E-state index in [1.165, 1.54) is 11.1 Å². The van der Waals surface area contributed by atoms with Crippen molar-refractivity contribution < 1.29 is 5.11 Å². The molecule has 0 aromatic heterocycles. The van der Waals surface area contributed by atoms with E-state index in [9.17, 15) is 5.11 Å². The molecule has 2 heteroatoms. The predicted octanol–water partition coefficient (Wildman–Crippen LogP) is 4.78. The van der Waals surface area contributed by atoms with Crippen molar-refractivity contribution >= 4 is 13.7 Å². The summed E-state index contributed by atoms with van der Waals surface area (Å²) in [6.45, 7) is 17.4. The van der Waals surface area contributed by atoms with Crippen molar-refractivity contribution in [1.82, 2.24) is 0 Å². The summed E-state index contributed by atoms with van der Waals surface area (Å²) in [4.78, 5) is 0. The number of hydrogen-bond acceptors (Lipinski definition) is 1. The minimum atomic E-state index is 0.289. The van der Waals surface area contributed by atoms with Crippen LogP contribution in [0.2, 0.25) is 0 Å². The van der Waals surface area contributed by atoms with Crippen LogP contribution in [0.1, 0.15) is 61.9 Å². The van der Waals surface area contributed by atoms with E-state index in [-0.39, 0.29) is 5.48 Å². The van der Waals surface area contributed by atoms with Gasteiger partial charge < -0.3 is 5.11 Å². The summed E-state index contributed by atoms with van der Waals surface area (Å²) in [5, 5.41) is 12.6. The second kappa shape index (κ2) is 7.07. The van der Waals surface area contributed by atoms with Crippen LogP contribution < -0.4 is 5.11 Å². The predicted molar refractivity (Wildman–Crippen MR) is 94.5 cm³/mol. The molecule has 0 spiro atoms. The third-order valence-electron chi connectivity index (χ3n) is 4.09. The quantitative estimate of drug-likeness (QED) is 0.734. The van der Waals surface area contributed by atoms with Crippen LogP contribution in [-0.2, 0) is 0 Å². The van der Waals surface area contributed by atoms with Crippen LogP contribution in [0.5, 0.6) is 0 Å². The van der Waals surface area contributed by atoms with Crippen LogP contribution in [0.15, 0.2) is 6.07 Å². The van der Waals surface area contributed by atoms with Gasteiger partial charge in [0, 0.05) is 0 Å². The molecule has 0 N–H and O–H groups in total. The monoisotopic (exact) mass is 305 g/mol. The third kappa shape index (κ3) is 5.24. The highest BCUT2D eigenvalue weighted by atomic mass is 31.1. The molecule has 0 saturated heterocycles. The average molecular weight is 305 g/mol. The summed E-state index contributed by atoms with van der Waals surface area (Å²) >= 11 is 0. The van der Waals surface area contributed by atoms with Crippen molar-refractivity contribution in [3.05, 3.63) is 33.9 Å². The highest BCUT2D eigenvalue weighted by molar-refractivity contribution is 7.40. The van der Waals surface area contributed by atoms with Crippen molar-refractivity contribution in [3.63, 3.8) is 0 Å². The Balaban J connectivity index is 2.99. The van der Waals surface area contributed by atoms with Gasteiger partial charge >= 0.3 is 0 Å². The van der Waals surface area contributed by atoms with Gasteiger partial charge in [-0.15, -0.1) is 13.7 Å². The van der Waals surface area contributed by atoms with E-state index in [4.69, 9.17) is 0 Å². The molecular weight excluding hydrogens is 275 g/mol. The van der Waals surface area contributed by atoms with E-state index >= 15 is 0 Å². The molecule has 1 unspecified atom stereocenters. The summed E-state index contributed by atoms with van der Waals surface area (Å²) in [5.41, 5.74) is 6.33. The molecule has 1 aromatic rings.